The topological polar surface area (TPSA) is 66.4 Å². The van der Waals surface area contributed by atoms with Crippen LogP contribution in [-0.2, 0) is 4.79 Å². The van der Waals surface area contributed by atoms with Gasteiger partial charge in [-0.2, -0.15) is 0 Å². The summed E-state index contributed by atoms with van der Waals surface area (Å²) in [6.45, 7) is 1.83. The highest BCUT2D eigenvalue weighted by molar-refractivity contribution is 6.03. The van der Waals surface area contributed by atoms with E-state index in [1.54, 1.807) is 12.1 Å². The van der Waals surface area contributed by atoms with Crippen LogP contribution in [0.25, 0.3) is 0 Å². The summed E-state index contributed by atoms with van der Waals surface area (Å²) in [4.78, 5) is 23.8. The quantitative estimate of drug-likeness (QED) is 0.897. The Morgan fingerprint density at radius 3 is 2.48 bits per heavy atom. The van der Waals surface area contributed by atoms with Gasteiger partial charge < -0.3 is 10.4 Å². The molecule has 4 heteroatoms. The molecule has 2 bridgehead atoms. The Morgan fingerprint density at radius 1 is 1.19 bits per heavy atom. The van der Waals surface area contributed by atoms with Crippen LogP contribution in [-0.4, -0.2) is 17.0 Å². The summed E-state index contributed by atoms with van der Waals surface area (Å²) in [7, 11) is 0. The fraction of sp³-hybridized carbons (Fsp3) is 0.529. The second kappa shape index (κ2) is 4.33. The zero-order valence-corrected chi connectivity index (χ0v) is 12.0. The monoisotopic (exact) mass is 285 g/mol. The van der Waals surface area contributed by atoms with Crippen molar-refractivity contribution in [1.29, 1.82) is 0 Å². The third kappa shape index (κ3) is 1.81. The number of carboxylic acid groups (broad SMARTS) is 1. The standard InChI is InChI=1S/C17H19NO3/c1-8-3-2-4-11(17(20)21)15(8)18-16(19)14-12-9-5-6-10(7-9)13(12)14/h2-4,9-10,12-14H,5-7H2,1H3,(H,18,19)(H,20,21). The number of carboxylic acids is 1. The second-order valence-electron chi connectivity index (χ2n) is 6.81. The van der Waals surface area contributed by atoms with Crippen LogP contribution in [0.3, 0.4) is 0 Å². The Morgan fingerprint density at radius 2 is 1.86 bits per heavy atom. The van der Waals surface area contributed by atoms with Crippen molar-refractivity contribution in [3.05, 3.63) is 29.3 Å². The van der Waals surface area contributed by atoms with E-state index in [1.807, 2.05) is 13.0 Å². The van der Waals surface area contributed by atoms with Crippen molar-refractivity contribution >= 4 is 17.6 Å². The fourth-order valence-electron chi connectivity index (χ4n) is 4.89. The van der Waals surface area contributed by atoms with E-state index in [-0.39, 0.29) is 17.4 Å². The molecule has 4 unspecified atom stereocenters. The number of aromatic carboxylic acids is 1. The number of hydrogen-bond donors (Lipinski definition) is 2. The van der Waals surface area contributed by atoms with Gasteiger partial charge in [0.05, 0.1) is 11.3 Å². The molecule has 1 aromatic rings. The summed E-state index contributed by atoms with van der Waals surface area (Å²) in [6.07, 6.45) is 3.87. The molecule has 0 spiro atoms. The molecule has 0 aliphatic heterocycles. The molecule has 110 valence electrons. The number of nitrogens with one attached hydrogen (secondary N) is 1. The maximum absolute atomic E-state index is 12.5. The summed E-state index contributed by atoms with van der Waals surface area (Å²) >= 11 is 0. The number of amides is 1. The van der Waals surface area contributed by atoms with Crippen molar-refractivity contribution in [2.75, 3.05) is 5.32 Å². The van der Waals surface area contributed by atoms with Crippen LogP contribution < -0.4 is 5.32 Å². The average molecular weight is 285 g/mol. The first-order valence-corrected chi connectivity index (χ1v) is 7.71. The van der Waals surface area contributed by atoms with Gasteiger partial charge in [-0.3, -0.25) is 4.79 Å². The van der Waals surface area contributed by atoms with Gasteiger partial charge in [0.1, 0.15) is 0 Å². The van der Waals surface area contributed by atoms with Gasteiger partial charge in [0.15, 0.2) is 0 Å². The molecule has 0 saturated heterocycles. The minimum atomic E-state index is -0.995. The van der Waals surface area contributed by atoms with E-state index in [0.717, 1.165) is 17.4 Å². The van der Waals surface area contributed by atoms with Gasteiger partial charge >= 0.3 is 5.97 Å². The Kier molecular flexibility index (Phi) is 2.65. The summed E-state index contributed by atoms with van der Waals surface area (Å²) in [5, 5.41) is 12.2. The van der Waals surface area contributed by atoms with Gasteiger partial charge in [-0.05, 0) is 61.5 Å². The summed E-state index contributed by atoms with van der Waals surface area (Å²) < 4.78 is 0. The lowest BCUT2D eigenvalue weighted by atomic mass is 10.0. The lowest BCUT2D eigenvalue weighted by Gasteiger charge is -2.13. The van der Waals surface area contributed by atoms with Crippen LogP contribution in [0.4, 0.5) is 5.69 Å². The minimum absolute atomic E-state index is 0.0263. The number of hydrogen-bond acceptors (Lipinski definition) is 2. The average Bonchev–Trinajstić information content (AvgIpc) is 2.89. The third-order valence-corrected chi connectivity index (χ3v) is 5.79. The second-order valence-corrected chi connectivity index (χ2v) is 6.81. The van der Waals surface area contributed by atoms with Crippen molar-refractivity contribution in [2.45, 2.75) is 26.2 Å². The van der Waals surface area contributed by atoms with E-state index < -0.39 is 5.97 Å². The van der Waals surface area contributed by atoms with Crippen LogP contribution in [0, 0.1) is 36.5 Å². The molecule has 4 nitrogen and oxygen atoms in total. The normalized spacial score (nSPS) is 35.4. The van der Waals surface area contributed by atoms with Crippen molar-refractivity contribution in [1.82, 2.24) is 0 Å². The molecule has 4 atom stereocenters. The highest BCUT2D eigenvalue weighted by Gasteiger charge is 2.67. The zero-order valence-electron chi connectivity index (χ0n) is 12.0. The number of anilines is 1. The first-order chi connectivity index (χ1) is 10.1. The van der Waals surface area contributed by atoms with Crippen LogP contribution in [0.15, 0.2) is 18.2 Å². The molecular weight excluding hydrogens is 266 g/mol. The first kappa shape index (κ1) is 12.9. The van der Waals surface area contributed by atoms with Crippen molar-refractivity contribution in [3.8, 4) is 0 Å². The van der Waals surface area contributed by atoms with Gasteiger partial charge in [0.25, 0.3) is 0 Å². The molecule has 2 N–H and O–H groups in total. The first-order valence-electron chi connectivity index (χ1n) is 7.71. The van der Waals surface area contributed by atoms with E-state index in [1.165, 1.54) is 19.3 Å². The molecule has 3 aliphatic rings. The number of rotatable bonds is 3. The lowest BCUT2D eigenvalue weighted by Crippen LogP contribution is -2.20. The van der Waals surface area contributed by atoms with Crippen molar-refractivity contribution in [2.24, 2.45) is 29.6 Å². The number of para-hydroxylation sites is 1. The van der Waals surface area contributed by atoms with E-state index in [9.17, 15) is 14.7 Å². The molecule has 3 aliphatic carbocycles. The SMILES string of the molecule is Cc1cccc(C(=O)O)c1NC(=O)C1C2C3CCC(C3)C12. The molecule has 3 saturated carbocycles. The van der Waals surface area contributed by atoms with E-state index in [2.05, 4.69) is 5.32 Å². The fourth-order valence-corrected chi connectivity index (χ4v) is 4.89. The molecule has 0 radical (unpaired) electrons. The largest absolute Gasteiger partial charge is 0.478 e. The minimum Gasteiger partial charge on any atom is -0.478 e. The summed E-state index contributed by atoms with van der Waals surface area (Å²) in [5.74, 6) is 1.78. The molecular formula is C17H19NO3. The Labute approximate surface area is 123 Å². The summed E-state index contributed by atoms with van der Waals surface area (Å²) in [5.41, 5.74) is 1.45. The predicted molar refractivity (Wildman–Crippen MR) is 78.1 cm³/mol. The van der Waals surface area contributed by atoms with E-state index in [0.29, 0.717) is 17.5 Å². The lowest BCUT2D eigenvalue weighted by molar-refractivity contribution is -0.118. The van der Waals surface area contributed by atoms with Gasteiger partial charge in [0, 0.05) is 5.92 Å². The number of benzene rings is 1. The maximum atomic E-state index is 12.5. The summed E-state index contributed by atoms with van der Waals surface area (Å²) in [6, 6.07) is 5.09. The highest BCUT2D eigenvalue weighted by atomic mass is 16.4. The Bertz CT molecular complexity index is 623. The van der Waals surface area contributed by atoms with Gasteiger partial charge in [-0.1, -0.05) is 12.1 Å². The van der Waals surface area contributed by atoms with Crippen LogP contribution in [0.2, 0.25) is 0 Å². The van der Waals surface area contributed by atoms with Gasteiger partial charge in [-0.25, -0.2) is 4.79 Å². The number of carbonyl (C=O) groups is 2. The molecule has 0 heterocycles. The van der Waals surface area contributed by atoms with Crippen LogP contribution in [0.5, 0.6) is 0 Å². The van der Waals surface area contributed by atoms with Gasteiger partial charge in [-0.15, -0.1) is 0 Å². The smallest absolute Gasteiger partial charge is 0.337 e. The van der Waals surface area contributed by atoms with Crippen molar-refractivity contribution in [3.63, 3.8) is 0 Å². The molecule has 3 fully saturated rings. The number of fused-ring (bicyclic) bond motifs is 5. The molecule has 1 aromatic carbocycles. The van der Waals surface area contributed by atoms with Crippen LogP contribution in [0.1, 0.15) is 35.2 Å². The molecule has 1 amide bonds. The molecule has 0 aromatic heterocycles. The van der Waals surface area contributed by atoms with Crippen LogP contribution >= 0.6 is 0 Å². The van der Waals surface area contributed by atoms with Gasteiger partial charge in [0.2, 0.25) is 5.91 Å². The maximum Gasteiger partial charge on any atom is 0.337 e. The highest BCUT2D eigenvalue weighted by Crippen LogP contribution is 2.69. The molecule has 4 rings (SSSR count). The van der Waals surface area contributed by atoms with Crippen molar-refractivity contribution < 1.29 is 14.7 Å². The Balaban J connectivity index is 1.55. The Hall–Kier alpha value is -1.84. The zero-order chi connectivity index (χ0) is 14.7. The van der Waals surface area contributed by atoms with E-state index in [4.69, 9.17) is 0 Å². The predicted octanol–water partition coefficient (Wildman–Crippen LogP) is 2.92. The number of carbonyl (C=O) groups excluding carboxylic acids is 1. The molecule has 21 heavy (non-hydrogen) atoms. The van der Waals surface area contributed by atoms with E-state index >= 15 is 0 Å². The third-order valence-electron chi connectivity index (χ3n) is 5.79. The number of aryl methyl sites for hydroxylation is 1.